The number of ether oxygens (including phenoxy) is 1. The first-order valence-electron chi connectivity index (χ1n) is 4.47. The van der Waals surface area contributed by atoms with Crippen LogP contribution in [0.25, 0.3) is 0 Å². The molecule has 0 aliphatic heterocycles. The number of aliphatic hydroxyl groups is 1. The maximum atomic E-state index is 11.6. The molecule has 1 rings (SSSR count). The van der Waals surface area contributed by atoms with Crippen molar-refractivity contribution in [1.82, 2.24) is 14.2 Å². The lowest BCUT2D eigenvalue weighted by atomic mass is 10.4. The molecule has 0 aliphatic carbocycles. The maximum Gasteiger partial charge on any atom is 0.413 e. The molecular formula is C7H10F3N3O3S. The summed E-state index contributed by atoms with van der Waals surface area (Å²) in [5, 5.41) is 9.28. The Morgan fingerprint density at radius 2 is 2.29 bits per heavy atom. The van der Waals surface area contributed by atoms with Crippen LogP contribution in [-0.4, -0.2) is 45.9 Å². The van der Waals surface area contributed by atoms with Gasteiger partial charge in [0, 0.05) is 0 Å². The van der Waals surface area contributed by atoms with Gasteiger partial charge in [-0.1, -0.05) is 0 Å². The smallest absolute Gasteiger partial charge is 0.413 e. The van der Waals surface area contributed by atoms with Crippen LogP contribution < -0.4 is 10.2 Å². The average Bonchev–Trinajstić information content (AvgIpc) is 2.73. The second kappa shape index (κ2) is 6.69. The second-order valence-corrected chi connectivity index (χ2v) is 3.52. The summed E-state index contributed by atoms with van der Waals surface area (Å²) in [5.41, 5.74) is 1.99. The zero-order valence-electron chi connectivity index (χ0n) is 8.48. The fraction of sp³-hybridized carbons (Fsp3) is 0.714. The summed E-state index contributed by atoms with van der Waals surface area (Å²) in [6.07, 6.45) is -4.05. The first-order chi connectivity index (χ1) is 7.97. The predicted octanol–water partition coefficient (Wildman–Crippen LogP) is 0.361. The van der Waals surface area contributed by atoms with E-state index in [-0.39, 0.29) is 19.0 Å². The van der Waals surface area contributed by atoms with E-state index in [1.54, 1.807) is 0 Å². The topological polar surface area (TPSA) is 76.5 Å². The minimum atomic E-state index is -4.40. The molecule has 0 amide bonds. The Bertz CT molecular complexity index is 309. The van der Waals surface area contributed by atoms with Gasteiger partial charge in [-0.15, -0.1) is 4.37 Å². The van der Waals surface area contributed by atoms with Crippen LogP contribution in [0.15, 0.2) is 6.20 Å². The van der Waals surface area contributed by atoms with Crippen LogP contribution in [-0.2, 0) is 4.84 Å². The van der Waals surface area contributed by atoms with Crippen LogP contribution >= 0.6 is 11.7 Å². The van der Waals surface area contributed by atoms with Crippen LogP contribution in [0.5, 0.6) is 5.88 Å². The number of rotatable bonds is 7. The molecule has 1 aromatic rings. The van der Waals surface area contributed by atoms with Crippen LogP contribution in [0.1, 0.15) is 0 Å². The minimum Gasteiger partial charge on any atom is -0.473 e. The van der Waals surface area contributed by atoms with Gasteiger partial charge < -0.3 is 9.84 Å². The summed E-state index contributed by atoms with van der Waals surface area (Å²) in [4.78, 5) is 4.09. The highest BCUT2D eigenvalue weighted by Gasteiger charge is 2.27. The summed E-state index contributed by atoms with van der Waals surface area (Å²) in [5.74, 6) is 0.255. The Balaban J connectivity index is 2.03. The van der Waals surface area contributed by atoms with Gasteiger partial charge in [-0.3, -0.25) is 4.84 Å². The Labute approximate surface area is 98.6 Å². The van der Waals surface area contributed by atoms with Gasteiger partial charge in [0.05, 0.1) is 18.3 Å². The molecule has 0 aliphatic rings. The zero-order valence-corrected chi connectivity index (χ0v) is 9.29. The molecule has 0 radical (unpaired) electrons. The number of alkyl halides is 3. The molecular weight excluding hydrogens is 263 g/mol. The lowest BCUT2D eigenvalue weighted by Gasteiger charge is -2.12. The number of halogens is 3. The number of nitrogens with one attached hydrogen (secondary N) is 1. The third-order valence-electron chi connectivity index (χ3n) is 1.42. The zero-order chi connectivity index (χ0) is 12.7. The van der Waals surface area contributed by atoms with E-state index in [2.05, 4.69) is 13.6 Å². The summed E-state index contributed by atoms with van der Waals surface area (Å²) in [6, 6.07) is 0. The van der Waals surface area contributed by atoms with Gasteiger partial charge in [0.2, 0.25) is 5.88 Å². The summed E-state index contributed by atoms with van der Waals surface area (Å²) in [6.45, 7) is -1.72. The van der Waals surface area contributed by atoms with E-state index in [4.69, 9.17) is 4.74 Å². The van der Waals surface area contributed by atoms with E-state index in [0.717, 1.165) is 11.7 Å². The van der Waals surface area contributed by atoms with Gasteiger partial charge in [0.15, 0.2) is 6.61 Å². The molecule has 0 spiro atoms. The Hall–Kier alpha value is -0.970. The van der Waals surface area contributed by atoms with Gasteiger partial charge in [0.1, 0.15) is 18.9 Å². The number of aliphatic hydroxyl groups excluding tert-OH is 1. The molecule has 2 N–H and O–H groups in total. The molecule has 0 aromatic carbocycles. The number of hydrogen-bond donors (Lipinski definition) is 2. The van der Waals surface area contributed by atoms with E-state index in [1.807, 2.05) is 5.48 Å². The van der Waals surface area contributed by atoms with Gasteiger partial charge in [-0.2, -0.15) is 23.0 Å². The van der Waals surface area contributed by atoms with Crippen LogP contribution in [0.2, 0.25) is 0 Å². The van der Waals surface area contributed by atoms with Crippen LogP contribution in [0, 0.1) is 0 Å². The van der Waals surface area contributed by atoms with Crippen molar-refractivity contribution in [1.29, 1.82) is 0 Å². The number of hydroxylamine groups is 1. The summed E-state index contributed by atoms with van der Waals surface area (Å²) in [7, 11) is 0. The van der Waals surface area contributed by atoms with Crippen molar-refractivity contribution in [3.63, 3.8) is 0 Å². The second-order valence-electron chi connectivity index (χ2n) is 2.96. The Kier molecular flexibility index (Phi) is 5.55. The highest BCUT2D eigenvalue weighted by atomic mass is 32.1. The van der Waals surface area contributed by atoms with Crippen molar-refractivity contribution < 1.29 is 27.9 Å². The van der Waals surface area contributed by atoms with Crippen LogP contribution in [0.4, 0.5) is 13.2 Å². The molecule has 1 aromatic heterocycles. The molecule has 6 nitrogen and oxygen atoms in total. The third kappa shape index (κ3) is 7.05. The van der Waals surface area contributed by atoms with Crippen molar-refractivity contribution in [2.45, 2.75) is 12.3 Å². The lowest BCUT2D eigenvalue weighted by molar-refractivity contribution is -0.191. The average molecular weight is 273 g/mol. The van der Waals surface area contributed by atoms with Crippen LogP contribution in [0.3, 0.4) is 0 Å². The Morgan fingerprint density at radius 1 is 1.53 bits per heavy atom. The van der Waals surface area contributed by atoms with Crippen molar-refractivity contribution in [2.24, 2.45) is 0 Å². The van der Waals surface area contributed by atoms with Crippen molar-refractivity contribution in [3.05, 3.63) is 6.20 Å². The van der Waals surface area contributed by atoms with E-state index in [0.29, 0.717) is 0 Å². The van der Waals surface area contributed by atoms with Gasteiger partial charge >= 0.3 is 6.18 Å². The Morgan fingerprint density at radius 3 is 2.88 bits per heavy atom. The molecule has 17 heavy (non-hydrogen) atoms. The van der Waals surface area contributed by atoms with Crippen molar-refractivity contribution in [2.75, 3.05) is 19.8 Å². The first-order valence-corrected chi connectivity index (χ1v) is 5.20. The largest absolute Gasteiger partial charge is 0.473 e. The first kappa shape index (κ1) is 14.1. The van der Waals surface area contributed by atoms with Crippen molar-refractivity contribution in [3.8, 4) is 5.88 Å². The number of aromatic nitrogens is 2. The van der Waals surface area contributed by atoms with Crippen molar-refractivity contribution >= 4 is 11.7 Å². The summed E-state index contributed by atoms with van der Waals surface area (Å²) >= 11 is 0.944. The molecule has 1 unspecified atom stereocenters. The molecule has 0 saturated carbocycles. The van der Waals surface area contributed by atoms with Gasteiger partial charge in [0.25, 0.3) is 0 Å². The van der Waals surface area contributed by atoms with Gasteiger partial charge in [-0.25, -0.2) is 0 Å². The lowest BCUT2D eigenvalue weighted by Crippen LogP contribution is -2.34. The van der Waals surface area contributed by atoms with E-state index < -0.39 is 18.9 Å². The fourth-order valence-corrected chi connectivity index (χ4v) is 1.11. The minimum absolute atomic E-state index is 0.117. The molecule has 0 fully saturated rings. The fourth-order valence-electron chi connectivity index (χ4n) is 0.748. The number of hydrogen-bond acceptors (Lipinski definition) is 7. The molecule has 0 bridgehead atoms. The monoisotopic (exact) mass is 273 g/mol. The maximum absolute atomic E-state index is 11.6. The van der Waals surface area contributed by atoms with E-state index in [1.165, 1.54) is 6.20 Å². The highest BCUT2D eigenvalue weighted by molar-refractivity contribution is 6.99. The quantitative estimate of drug-likeness (QED) is 0.552. The van der Waals surface area contributed by atoms with Gasteiger partial charge in [-0.05, 0) is 0 Å². The standard InChI is InChI=1S/C7H10F3N3O3S/c8-7(9,10)4-16-11-1-5(14)3-15-6-2-12-17-13-6/h2,5,11,14H,1,3-4H2. The predicted molar refractivity (Wildman–Crippen MR) is 51.4 cm³/mol. The summed E-state index contributed by atoms with van der Waals surface area (Å²) < 4.78 is 47.3. The third-order valence-corrected chi connectivity index (χ3v) is 1.88. The SMILES string of the molecule is OC(CNOCC(F)(F)F)COc1cnsn1. The molecule has 0 saturated heterocycles. The molecule has 1 heterocycles. The molecule has 1 atom stereocenters. The number of nitrogens with zero attached hydrogens (tertiary/aromatic N) is 2. The molecule has 98 valence electrons. The van der Waals surface area contributed by atoms with E-state index in [9.17, 15) is 18.3 Å². The van der Waals surface area contributed by atoms with E-state index >= 15 is 0 Å². The molecule has 10 heteroatoms. The highest BCUT2D eigenvalue weighted by Crippen LogP contribution is 2.13. The normalized spacial score (nSPS) is 13.6.